The van der Waals surface area contributed by atoms with Gasteiger partial charge in [-0.2, -0.15) is 52.7 Å². The van der Waals surface area contributed by atoms with E-state index in [-0.39, 0.29) is 18.2 Å². The van der Waals surface area contributed by atoms with Crippen LogP contribution in [0, 0.1) is 68.3 Å². The minimum Gasteiger partial charge on any atom is -0.206 e. The molecule has 2 aromatic carbocycles. The van der Waals surface area contributed by atoms with Gasteiger partial charge in [0.15, 0.2) is 5.82 Å². The fourth-order valence-electron chi connectivity index (χ4n) is 2.92. The highest BCUT2D eigenvalue weighted by molar-refractivity contribution is 5.80. The molecule has 0 aromatic heterocycles. The maximum absolute atomic E-state index is 14.8. The summed E-state index contributed by atoms with van der Waals surface area (Å²) in [7, 11) is 0. The van der Waals surface area contributed by atoms with Crippen LogP contribution in [-0.4, -0.2) is 0 Å². The van der Waals surface area contributed by atoms with Crippen LogP contribution in [-0.2, 0) is 12.4 Å². The molecule has 0 amide bonds. The molecule has 2 rings (SSSR count). The van der Waals surface area contributed by atoms with Crippen molar-refractivity contribution in [3.8, 4) is 30.3 Å². The molecule has 0 atom stereocenters. The molecule has 0 aliphatic carbocycles. The van der Waals surface area contributed by atoms with E-state index in [0.717, 1.165) is 18.2 Å². The quantitative estimate of drug-likeness (QED) is 0.581. The normalized spacial score (nSPS) is 11.9. The van der Waals surface area contributed by atoms with Crippen molar-refractivity contribution in [1.29, 1.82) is 26.3 Å². The van der Waals surface area contributed by atoms with Crippen molar-refractivity contribution in [3.63, 3.8) is 0 Å². The SMILES string of the molecule is N#CC(C#N)=c1cc(F)/c(=C(/C#N)c2cc(C(F)(F)F)c(C#N)c(C(F)(F)F)c2)c(C#N)c1F. The molecular formula is C21H3F8N5. The number of nitrogens with zero attached hydrogens (tertiary/aromatic N) is 5. The van der Waals surface area contributed by atoms with Gasteiger partial charge in [0.25, 0.3) is 0 Å². The standard InChI is InChI=1S/C21H3F8N5/c22-17-3-11(10(4-30)5-31)19(23)14(8-34)18(17)12(6-32)9-1-15(20(24,25)26)13(7-33)16(2-9)21(27,28)29/h1-3H/b18-12-. The summed E-state index contributed by atoms with van der Waals surface area (Å²) in [4.78, 5) is 0. The van der Waals surface area contributed by atoms with Crippen molar-refractivity contribution in [3.05, 3.63) is 68.1 Å². The molecule has 168 valence electrons. The minimum atomic E-state index is -5.52. The zero-order chi connectivity index (χ0) is 26.0. The molecule has 13 heteroatoms. The van der Waals surface area contributed by atoms with Crippen molar-refractivity contribution >= 4 is 11.1 Å². The molecule has 0 saturated carbocycles. The van der Waals surface area contributed by atoms with Gasteiger partial charge in [-0.25, -0.2) is 8.78 Å². The zero-order valence-corrected chi connectivity index (χ0v) is 16.0. The Morgan fingerprint density at radius 3 is 1.50 bits per heavy atom. The number of hydrogen-bond donors (Lipinski definition) is 0. The molecule has 5 nitrogen and oxygen atoms in total. The third-order valence-corrected chi connectivity index (χ3v) is 4.33. The molecule has 34 heavy (non-hydrogen) atoms. The maximum atomic E-state index is 14.8. The number of benzene rings is 2. The first-order chi connectivity index (χ1) is 15.8. The molecule has 0 heterocycles. The topological polar surface area (TPSA) is 119 Å². The number of alkyl halides is 6. The largest absolute Gasteiger partial charge is 0.417 e. The predicted octanol–water partition coefficient (Wildman–Crippen LogP) is 3.67. The van der Waals surface area contributed by atoms with Gasteiger partial charge in [-0.1, -0.05) is 0 Å². The van der Waals surface area contributed by atoms with Gasteiger partial charge in [0.05, 0.1) is 27.8 Å². The van der Waals surface area contributed by atoms with Crippen molar-refractivity contribution in [2.24, 2.45) is 0 Å². The molecular weight excluding hydrogens is 474 g/mol. The molecule has 0 saturated heterocycles. The molecule has 0 bridgehead atoms. The van der Waals surface area contributed by atoms with Crippen LogP contribution in [0.25, 0.3) is 11.1 Å². The molecule has 0 aliphatic heterocycles. The molecule has 0 spiro atoms. The molecule has 0 unspecified atom stereocenters. The first-order valence-electron chi connectivity index (χ1n) is 8.36. The average Bonchev–Trinajstić information content (AvgIpc) is 2.76. The maximum Gasteiger partial charge on any atom is 0.417 e. The molecule has 0 N–H and O–H groups in total. The summed E-state index contributed by atoms with van der Waals surface area (Å²) in [5.41, 5.74) is -10.9. The van der Waals surface area contributed by atoms with Gasteiger partial charge in [-0.05, 0) is 23.8 Å². The van der Waals surface area contributed by atoms with Crippen LogP contribution in [0.3, 0.4) is 0 Å². The van der Waals surface area contributed by atoms with Crippen LogP contribution in [0.4, 0.5) is 35.1 Å². The van der Waals surface area contributed by atoms with E-state index in [4.69, 9.17) is 15.8 Å². The Labute approximate surface area is 184 Å². The highest BCUT2D eigenvalue weighted by atomic mass is 19.4. The van der Waals surface area contributed by atoms with Crippen LogP contribution in [0.2, 0.25) is 0 Å². The van der Waals surface area contributed by atoms with Crippen LogP contribution in [0.15, 0.2) is 18.2 Å². The van der Waals surface area contributed by atoms with E-state index >= 15 is 0 Å². The Kier molecular flexibility index (Phi) is 6.63. The van der Waals surface area contributed by atoms with Crippen LogP contribution >= 0.6 is 0 Å². The van der Waals surface area contributed by atoms with E-state index < -0.39 is 73.4 Å². The molecule has 0 fully saturated rings. The van der Waals surface area contributed by atoms with Gasteiger partial charge in [-0.15, -0.1) is 0 Å². The van der Waals surface area contributed by atoms with Crippen molar-refractivity contribution in [2.75, 3.05) is 0 Å². The first-order valence-corrected chi connectivity index (χ1v) is 8.36. The van der Waals surface area contributed by atoms with Crippen LogP contribution in [0.5, 0.6) is 0 Å². The van der Waals surface area contributed by atoms with E-state index in [9.17, 15) is 45.6 Å². The van der Waals surface area contributed by atoms with E-state index in [1.165, 1.54) is 12.1 Å². The molecule has 2 aromatic rings. The van der Waals surface area contributed by atoms with Gasteiger partial charge in [0, 0.05) is 10.4 Å². The monoisotopic (exact) mass is 477 g/mol. The van der Waals surface area contributed by atoms with Gasteiger partial charge in [0.1, 0.15) is 41.7 Å². The lowest BCUT2D eigenvalue weighted by Gasteiger charge is -2.17. The van der Waals surface area contributed by atoms with Gasteiger partial charge >= 0.3 is 12.4 Å². The Hall–Kier alpha value is -4.93. The van der Waals surface area contributed by atoms with E-state index in [1.54, 1.807) is 0 Å². The zero-order valence-electron chi connectivity index (χ0n) is 16.0. The lowest BCUT2D eigenvalue weighted by Crippen LogP contribution is -2.27. The van der Waals surface area contributed by atoms with E-state index in [0.29, 0.717) is 0 Å². The van der Waals surface area contributed by atoms with Gasteiger partial charge in [-0.3, -0.25) is 0 Å². The fraction of sp³-hybridized carbons (Fsp3) is 0.0952. The summed E-state index contributed by atoms with van der Waals surface area (Å²) < 4.78 is 110. The highest BCUT2D eigenvalue weighted by Gasteiger charge is 2.42. The summed E-state index contributed by atoms with van der Waals surface area (Å²) in [6.07, 6.45) is -11.0. The van der Waals surface area contributed by atoms with Gasteiger partial charge < -0.3 is 0 Å². The summed E-state index contributed by atoms with van der Waals surface area (Å²) >= 11 is 0. The molecule has 0 aliphatic rings. The van der Waals surface area contributed by atoms with E-state index in [2.05, 4.69) is 0 Å². The third kappa shape index (κ3) is 4.35. The van der Waals surface area contributed by atoms with E-state index in [1.807, 2.05) is 0 Å². The van der Waals surface area contributed by atoms with Crippen LogP contribution < -0.4 is 10.4 Å². The lowest BCUT2D eigenvalue weighted by molar-refractivity contribution is -0.143. The first kappa shape index (κ1) is 25.3. The highest BCUT2D eigenvalue weighted by Crippen LogP contribution is 2.40. The Bertz CT molecular complexity index is 1500. The smallest absolute Gasteiger partial charge is 0.206 e. The number of nitriles is 5. The Morgan fingerprint density at radius 2 is 1.15 bits per heavy atom. The number of rotatable bonds is 1. The van der Waals surface area contributed by atoms with Gasteiger partial charge in [0.2, 0.25) is 0 Å². The summed E-state index contributed by atoms with van der Waals surface area (Å²) in [6, 6.07) is 5.65. The average molecular weight is 477 g/mol. The lowest BCUT2D eigenvalue weighted by atomic mass is 9.92. The van der Waals surface area contributed by atoms with Crippen molar-refractivity contribution < 1.29 is 35.1 Å². The second kappa shape index (κ2) is 8.90. The minimum absolute atomic E-state index is 0.0408. The summed E-state index contributed by atoms with van der Waals surface area (Å²) in [5.74, 6) is -3.38. The second-order valence-electron chi connectivity index (χ2n) is 6.22. The predicted molar refractivity (Wildman–Crippen MR) is 94.2 cm³/mol. The van der Waals surface area contributed by atoms with Crippen molar-refractivity contribution in [2.45, 2.75) is 12.4 Å². The number of hydrogen-bond acceptors (Lipinski definition) is 5. The second-order valence-corrected chi connectivity index (χ2v) is 6.22. The fourth-order valence-corrected chi connectivity index (χ4v) is 2.92. The van der Waals surface area contributed by atoms with Crippen molar-refractivity contribution in [1.82, 2.24) is 0 Å². The summed E-state index contributed by atoms with van der Waals surface area (Å²) in [5, 5.41) is 43.0. The Balaban J connectivity index is 3.28. The molecule has 0 radical (unpaired) electrons. The third-order valence-electron chi connectivity index (χ3n) is 4.33. The summed E-state index contributed by atoms with van der Waals surface area (Å²) in [6.45, 7) is 0. The number of halogens is 8. The van der Waals surface area contributed by atoms with Crippen LogP contribution in [0.1, 0.15) is 27.8 Å². The Morgan fingerprint density at radius 1 is 0.676 bits per heavy atom.